The molecule has 0 saturated carbocycles. The molecule has 5 nitrogen and oxygen atoms in total. The number of carboxylic acid groups (broad SMARTS) is 1. The second kappa shape index (κ2) is 7.53. The summed E-state index contributed by atoms with van der Waals surface area (Å²) in [6, 6.07) is 6.46. The highest BCUT2D eigenvalue weighted by Crippen LogP contribution is 2.06. The quantitative estimate of drug-likeness (QED) is 0.693. The topological polar surface area (TPSA) is 92.4 Å². The smallest absolute Gasteiger partial charge is 0.335 e. The van der Waals surface area contributed by atoms with Crippen molar-refractivity contribution in [3.05, 3.63) is 35.4 Å². The van der Waals surface area contributed by atoms with Gasteiger partial charge in [-0.05, 0) is 36.6 Å². The molecule has 1 unspecified atom stereocenters. The van der Waals surface area contributed by atoms with Gasteiger partial charge in [0, 0.05) is 13.0 Å². The molecule has 4 N–H and O–H groups in total. The zero-order valence-corrected chi connectivity index (χ0v) is 11.1. The van der Waals surface area contributed by atoms with Crippen LogP contribution >= 0.6 is 0 Å². The third-order valence-electron chi connectivity index (χ3n) is 2.96. The van der Waals surface area contributed by atoms with Crippen molar-refractivity contribution in [2.75, 3.05) is 6.54 Å². The van der Waals surface area contributed by atoms with Gasteiger partial charge in [0.05, 0.1) is 5.56 Å². The van der Waals surface area contributed by atoms with Crippen molar-refractivity contribution in [1.82, 2.24) is 5.32 Å². The zero-order chi connectivity index (χ0) is 14.3. The van der Waals surface area contributed by atoms with Gasteiger partial charge in [-0.1, -0.05) is 19.1 Å². The third-order valence-corrected chi connectivity index (χ3v) is 2.96. The van der Waals surface area contributed by atoms with Gasteiger partial charge in [-0.25, -0.2) is 4.79 Å². The predicted octanol–water partition coefficient (Wildman–Crippen LogP) is 1.38. The van der Waals surface area contributed by atoms with Crippen LogP contribution in [-0.2, 0) is 11.3 Å². The number of carboxylic acids is 1. The van der Waals surface area contributed by atoms with Crippen LogP contribution in [0, 0.1) is 5.92 Å². The number of hydrogen-bond donors (Lipinski definition) is 3. The van der Waals surface area contributed by atoms with Gasteiger partial charge in [0.2, 0.25) is 5.91 Å². The number of aromatic carboxylic acids is 1. The number of carbonyl (C=O) groups excluding carboxylic acids is 1. The van der Waals surface area contributed by atoms with E-state index in [4.69, 9.17) is 10.8 Å². The fourth-order valence-corrected chi connectivity index (χ4v) is 1.55. The lowest BCUT2D eigenvalue weighted by Gasteiger charge is -2.09. The molecule has 5 heteroatoms. The van der Waals surface area contributed by atoms with E-state index in [1.807, 2.05) is 6.92 Å². The normalized spacial score (nSPS) is 11.9. The van der Waals surface area contributed by atoms with E-state index in [-0.39, 0.29) is 11.5 Å². The highest BCUT2D eigenvalue weighted by molar-refractivity contribution is 5.87. The van der Waals surface area contributed by atoms with Crippen LogP contribution in [0.1, 0.15) is 35.7 Å². The Hall–Kier alpha value is -1.88. The second-order valence-electron chi connectivity index (χ2n) is 4.66. The highest BCUT2D eigenvalue weighted by atomic mass is 16.4. The maximum atomic E-state index is 11.6. The summed E-state index contributed by atoms with van der Waals surface area (Å²) in [6.45, 7) is 3.01. The van der Waals surface area contributed by atoms with Gasteiger partial charge < -0.3 is 16.2 Å². The lowest BCUT2D eigenvalue weighted by molar-refractivity contribution is -0.121. The molecule has 0 heterocycles. The maximum Gasteiger partial charge on any atom is 0.335 e. The van der Waals surface area contributed by atoms with Crippen LogP contribution in [0.25, 0.3) is 0 Å². The Bertz CT molecular complexity index is 429. The van der Waals surface area contributed by atoms with E-state index < -0.39 is 5.97 Å². The van der Waals surface area contributed by atoms with E-state index in [2.05, 4.69) is 5.32 Å². The minimum atomic E-state index is -0.952. The Kier molecular flexibility index (Phi) is 6.02. The third kappa shape index (κ3) is 5.52. The summed E-state index contributed by atoms with van der Waals surface area (Å²) in [7, 11) is 0. The molecule has 0 saturated heterocycles. The fourth-order valence-electron chi connectivity index (χ4n) is 1.55. The molecule has 1 rings (SSSR count). The average molecular weight is 264 g/mol. The largest absolute Gasteiger partial charge is 0.478 e. The number of benzene rings is 1. The van der Waals surface area contributed by atoms with E-state index >= 15 is 0 Å². The Morgan fingerprint density at radius 1 is 1.32 bits per heavy atom. The Labute approximate surface area is 112 Å². The number of rotatable bonds is 7. The summed E-state index contributed by atoms with van der Waals surface area (Å²) in [6.07, 6.45) is 1.24. The summed E-state index contributed by atoms with van der Waals surface area (Å²) >= 11 is 0. The molecule has 0 spiro atoms. The van der Waals surface area contributed by atoms with Crippen LogP contribution in [0.15, 0.2) is 24.3 Å². The Morgan fingerprint density at radius 3 is 2.47 bits per heavy atom. The molecular formula is C14H20N2O3. The molecule has 0 aliphatic rings. The first-order valence-electron chi connectivity index (χ1n) is 6.32. The van der Waals surface area contributed by atoms with Gasteiger partial charge in [0.25, 0.3) is 0 Å². The van der Waals surface area contributed by atoms with Gasteiger partial charge in [0.1, 0.15) is 0 Å². The van der Waals surface area contributed by atoms with Crippen LogP contribution in [-0.4, -0.2) is 23.5 Å². The van der Waals surface area contributed by atoms with Crippen LogP contribution in [0.2, 0.25) is 0 Å². The van der Waals surface area contributed by atoms with Crippen molar-refractivity contribution in [3.63, 3.8) is 0 Å². The molecule has 104 valence electrons. The van der Waals surface area contributed by atoms with E-state index in [0.717, 1.165) is 12.0 Å². The summed E-state index contributed by atoms with van der Waals surface area (Å²) in [5, 5.41) is 11.6. The molecule has 0 aliphatic carbocycles. The molecule has 1 aromatic carbocycles. The van der Waals surface area contributed by atoms with Gasteiger partial charge in [-0.15, -0.1) is 0 Å². The SMILES string of the molecule is CC(CN)CCC(=O)NCc1ccc(C(=O)O)cc1. The monoisotopic (exact) mass is 264 g/mol. The average Bonchev–Trinajstić information content (AvgIpc) is 2.42. The summed E-state index contributed by atoms with van der Waals surface area (Å²) in [5.41, 5.74) is 6.60. The lowest BCUT2D eigenvalue weighted by Crippen LogP contribution is -2.24. The first-order chi connectivity index (χ1) is 9.02. The molecule has 0 radical (unpaired) electrons. The van der Waals surface area contributed by atoms with Gasteiger partial charge in [-0.3, -0.25) is 4.79 Å². The highest BCUT2D eigenvalue weighted by Gasteiger charge is 2.06. The van der Waals surface area contributed by atoms with Gasteiger partial charge in [0.15, 0.2) is 0 Å². The van der Waals surface area contributed by atoms with E-state index in [0.29, 0.717) is 25.4 Å². The lowest BCUT2D eigenvalue weighted by atomic mass is 10.1. The van der Waals surface area contributed by atoms with Crippen molar-refractivity contribution in [2.24, 2.45) is 11.7 Å². The van der Waals surface area contributed by atoms with Gasteiger partial charge in [-0.2, -0.15) is 0 Å². The second-order valence-corrected chi connectivity index (χ2v) is 4.66. The fraction of sp³-hybridized carbons (Fsp3) is 0.429. The Morgan fingerprint density at radius 2 is 1.95 bits per heavy atom. The number of nitrogens with one attached hydrogen (secondary N) is 1. The molecule has 0 bridgehead atoms. The standard InChI is InChI=1S/C14H20N2O3/c1-10(8-15)2-7-13(17)16-9-11-3-5-12(6-4-11)14(18)19/h3-6,10H,2,7-9,15H2,1H3,(H,16,17)(H,18,19). The molecule has 1 atom stereocenters. The van der Waals surface area contributed by atoms with E-state index in [9.17, 15) is 9.59 Å². The number of carbonyl (C=O) groups is 2. The molecule has 0 fully saturated rings. The molecule has 0 aromatic heterocycles. The van der Waals surface area contributed by atoms with Crippen molar-refractivity contribution in [3.8, 4) is 0 Å². The van der Waals surface area contributed by atoms with Crippen molar-refractivity contribution in [2.45, 2.75) is 26.3 Å². The molecule has 19 heavy (non-hydrogen) atoms. The number of hydrogen-bond acceptors (Lipinski definition) is 3. The molecule has 0 aliphatic heterocycles. The van der Waals surface area contributed by atoms with E-state index in [1.165, 1.54) is 12.1 Å². The van der Waals surface area contributed by atoms with Crippen LogP contribution < -0.4 is 11.1 Å². The molecule has 1 aromatic rings. The van der Waals surface area contributed by atoms with Crippen LogP contribution in [0.5, 0.6) is 0 Å². The maximum absolute atomic E-state index is 11.6. The summed E-state index contributed by atoms with van der Waals surface area (Å²) in [4.78, 5) is 22.2. The van der Waals surface area contributed by atoms with Crippen molar-refractivity contribution < 1.29 is 14.7 Å². The van der Waals surface area contributed by atoms with Crippen LogP contribution in [0.4, 0.5) is 0 Å². The number of nitrogens with two attached hydrogens (primary N) is 1. The first-order valence-corrected chi connectivity index (χ1v) is 6.32. The Balaban J connectivity index is 2.35. The van der Waals surface area contributed by atoms with Crippen molar-refractivity contribution >= 4 is 11.9 Å². The first kappa shape index (κ1) is 15.2. The van der Waals surface area contributed by atoms with Crippen LogP contribution in [0.3, 0.4) is 0 Å². The van der Waals surface area contributed by atoms with Crippen molar-refractivity contribution in [1.29, 1.82) is 0 Å². The van der Waals surface area contributed by atoms with E-state index in [1.54, 1.807) is 12.1 Å². The minimum absolute atomic E-state index is 0.0115. The van der Waals surface area contributed by atoms with Gasteiger partial charge >= 0.3 is 5.97 Å². The predicted molar refractivity (Wildman–Crippen MR) is 72.7 cm³/mol. The number of amides is 1. The summed E-state index contributed by atoms with van der Waals surface area (Å²) < 4.78 is 0. The summed E-state index contributed by atoms with van der Waals surface area (Å²) in [5.74, 6) is -0.616. The zero-order valence-electron chi connectivity index (χ0n) is 11.1. The minimum Gasteiger partial charge on any atom is -0.478 e. The molecular weight excluding hydrogens is 244 g/mol. The molecule has 1 amide bonds.